The molecule has 1 aliphatic rings. The maximum atomic E-state index is 12.4. The quantitative estimate of drug-likeness (QED) is 0.744. The summed E-state index contributed by atoms with van der Waals surface area (Å²) < 4.78 is 24.9. The zero-order chi connectivity index (χ0) is 10.1. The molecule has 0 saturated heterocycles. The second-order valence-electron chi connectivity index (χ2n) is 3.47. The van der Waals surface area contributed by atoms with Crippen molar-refractivity contribution in [3.05, 3.63) is 23.8 Å². The summed E-state index contributed by atoms with van der Waals surface area (Å²) in [6, 6.07) is 0. The largest absolute Gasteiger partial charge is 0.388 e. The van der Waals surface area contributed by atoms with E-state index in [0.717, 1.165) is 0 Å². The molecule has 0 fully saturated rings. The van der Waals surface area contributed by atoms with Crippen molar-refractivity contribution < 1.29 is 13.9 Å². The van der Waals surface area contributed by atoms with Crippen molar-refractivity contribution >= 4 is 0 Å². The molecule has 0 aliphatic heterocycles. The minimum Gasteiger partial charge on any atom is -0.388 e. The van der Waals surface area contributed by atoms with E-state index >= 15 is 0 Å². The third kappa shape index (κ3) is 1.59. The monoisotopic (exact) mass is 200 g/mol. The van der Waals surface area contributed by atoms with Crippen LogP contribution in [0, 0.1) is 5.92 Å². The highest BCUT2D eigenvalue weighted by molar-refractivity contribution is 5.22. The molecule has 5 heteroatoms. The smallest absolute Gasteiger partial charge is 0.241 e. The van der Waals surface area contributed by atoms with E-state index in [0.29, 0.717) is 11.3 Å². The van der Waals surface area contributed by atoms with Gasteiger partial charge in [-0.1, -0.05) is 0 Å². The summed E-state index contributed by atoms with van der Waals surface area (Å²) in [6.07, 6.45) is -0.106. The molecule has 0 saturated carbocycles. The van der Waals surface area contributed by atoms with E-state index in [9.17, 15) is 13.9 Å². The first kappa shape index (κ1) is 9.45. The van der Waals surface area contributed by atoms with Crippen LogP contribution in [0.25, 0.3) is 0 Å². The molecule has 1 N–H and O–H groups in total. The summed E-state index contributed by atoms with van der Waals surface area (Å²) in [4.78, 5) is 7.66. The Hall–Kier alpha value is -1.10. The molecule has 3 nitrogen and oxygen atoms in total. The normalized spacial score (nSPS) is 26.3. The lowest BCUT2D eigenvalue weighted by Gasteiger charge is -2.26. The predicted octanol–water partition coefficient (Wildman–Crippen LogP) is 1.34. The number of aliphatic hydroxyl groups excluding tert-OH is 1. The molecule has 14 heavy (non-hydrogen) atoms. The Balaban J connectivity index is 2.29. The average molecular weight is 200 g/mol. The number of hydrogen-bond donors (Lipinski definition) is 1. The fourth-order valence-corrected chi connectivity index (χ4v) is 1.75. The van der Waals surface area contributed by atoms with Crippen molar-refractivity contribution in [3.8, 4) is 0 Å². The molecule has 1 aliphatic carbocycles. The first-order valence-electron chi connectivity index (χ1n) is 4.43. The molecule has 0 radical (unpaired) electrons. The lowest BCUT2D eigenvalue weighted by Crippen LogP contribution is -2.25. The van der Waals surface area contributed by atoms with Crippen LogP contribution in [0.1, 0.15) is 23.8 Å². The highest BCUT2D eigenvalue weighted by Crippen LogP contribution is 2.34. The minimum atomic E-state index is -2.40. The van der Waals surface area contributed by atoms with Gasteiger partial charge in [-0.3, -0.25) is 0 Å². The molecular weight excluding hydrogens is 190 g/mol. The molecule has 2 unspecified atom stereocenters. The average Bonchev–Trinajstić information content (AvgIpc) is 2.17. The summed E-state index contributed by atoms with van der Waals surface area (Å²) in [5, 5.41) is 9.57. The van der Waals surface area contributed by atoms with Crippen molar-refractivity contribution in [2.45, 2.75) is 25.4 Å². The topological polar surface area (TPSA) is 46.0 Å². The van der Waals surface area contributed by atoms with E-state index in [1.165, 1.54) is 12.5 Å². The van der Waals surface area contributed by atoms with Gasteiger partial charge < -0.3 is 5.11 Å². The summed E-state index contributed by atoms with van der Waals surface area (Å²) in [7, 11) is 0. The molecule has 1 heterocycles. The van der Waals surface area contributed by atoms with Crippen LogP contribution >= 0.6 is 0 Å². The van der Waals surface area contributed by atoms with Crippen molar-refractivity contribution in [2.24, 2.45) is 5.92 Å². The molecule has 1 aromatic heterocycles. The number of aromatic nitrogens is 2. The molecule has 0 amide bonds. The van der Waals surface area contributed by atoms with Crippen LogP contribution in [0.2, 0.25) is 0 Å². The Bertz CT molecular complexity index is 332. The Kier molecular flexibility index (Phi) is 2.41. The Morgan fingerprint density at radius 3 is 3.00 bits per heavy atom. The van der Waals surface area contributed by atoms with Gasteiger partial charge >= 0.3 is 0 Å². The van der Waals surface area contributed by atoms with E-state index in [4.69, 9.17) is 0 Å². The lowest BCUT2D eigenvalue weighted by atomic mass is 9.86. The van der Waals surface area contributed by atoms with Crippen LogP contribution in [-0.2, 0) is 6.42 Å². The van der Waals surface area contributed by atoms with E-state index in [-0.39, 0.29) is 12.8 Å². The van der Waals surface area contributed by atoms with Gasteiger partial charge in [0, 0.05) is 17.7 Å². The van der Waals surface area contributed by atoms with E-state index in [1.54, 1.807) is 0 Å². The van der Waals surface area contributed by atoms with Gasteiger partial charge in [0.15, 0.2) is 0 Å². The molecule has 0 bridgehead atoms. The molecule has 0 spiro atoms. The van der Waals surface area contributed by atoms with E-state index in [2.05, 4.69) is 9.97 Å². The van der Waals surface area contributed by atoms with E-state index in [1.807, 2.05) is 0 Å². The number of hydrogen-bond acceptors (Lipinski definition) is 3. The Morgan fingerprint density at radius 1 is 1.50 bits per heavy atom. The zero-order valence-electron chi connectivity index (χ0n) is 7.40. The Labute approximate surface area is 79.8 Å². The molecule has 2 rings (SSSR count). The summed E-state index contributed by atoms with van der Waals surface area (Å²) in [5.41, 5.74) is 1.13. The highest BCUT2D eigenvalue weighted by Gasteiger charge is 2.31. The number of rotatable bonds is 1. The third-order valence-electron chi connectivity index (χ3n) is 2.52. The molecule has 1 aromatic rings. The molecular formula is C9H10F2N2O. The number of nitrogens with zero attached hydrogens (tertiary/aromatic N) is 2. The van der Waals surface area contributed by atoms with Gasteiger partial charge in [0.2, 0.25) is 6.43 Å². The molecule has 2 atom stereocenters. The van der Waals surface area contributed by atoms with Crippen molar-refractivity contribution in [1.29, 1.82) is 0 Å². The van der Waals surface area contributed by atoms with E-state index < -0.39 is 18.4 Å². The first-order chi connectivity index (χ1) is 6.68. The SMILES string of the molecule is OC1CC(C(F)F)Cc2ncncc21. The number of alkyl halides is 2. The summed E-state index contributed by atoms with van der Waals surface area (Å²) >= 11 is 0. The predicted molar refractivity (Wildman–Crippen MR) is 44.8 cm³/mol. The number of aliphatic hydroxyl groups is 1. The zero-order valence-corrected chi connectivity index (χ0v) is 7.40. The summed E-state index contributed by atoms with van der Waals surface area (Å²) in [5.74, 6) is -0.785. The lowest BCUT2D eigenvalue weighted by molar-refractivity contribution is 0.0291. The van der Waals surface area contributed by atoms with Gasteiger partial charge in [-0.15, -0.1) is 0 Å². The van der Waals surface area contributed by atoms with Gasteiger partial charge in [0.05, 0.1) is 11.8 Å². The molecule has 0 aromatic carbocycles. The van der Waals surface area contributed by atoms with Crippen LogP contribution in [0.5, 0.6) is 0 Å². The van der Waals surface area contributed by atoms with Gasteiger partial charge in [0.1, 0.15) is 6.33 Å². The summed E-state index contributed by atoms with van der Waals surface area (Å²) in [6.45, 7) is 0. The Morgan fingerprint density at radius 2 is 2.29 bits per heavy atom. The van der Waals surface area contributed by atoms with Gasteiger partial charge in [0.25, 0.3) is 0 Å². The second-order valence-corrected chi connectivity index (χ2v) is 3.47. The van der Waals surface area contributed by atoms with Crippen LogP contribution < -0.4 is 0 Å². The fraction of sp³-hybridized carbons (Fsp3) is 0.556. The van der Waals surface area contributed by atoms with Crippen molar-refractivity contribution in [1.82, 2.24) is 9.97 Å². The second kappa shape index (κ2) is 3.57. The maximum Gasteiger partial charge on any atom is 0.241 e. The maximum absolute atomic E-state index is 12.4. The fourth-order valence-electron chi connectivity index (χ4n) is 1.75. The van der Waals surface area contributed by atoms with Gasteiger partial charge in [-0.25, -0.2) is 18.7 Å². The van der Waals surface area contributed by atoms with Crippen LogP contribution in [0.4, 0.5) is 8.78 Å². The number of halogens is 2. The van der Waals surface area contributed by atoms with Crippen LogP contribution in [0.15, 0.2) is 12.5 Å². The van der Waals surface area contributed by atoms with Gasteiger partial charge in [-0.2, -0.15) is 0 Å². The van der Waals surface area contributed by atoms with Crippen molar-refractivity contribution in [3.63, 3.8) is 0 Å². The standard InChI is InChI=1S/C9H10F2N2O/c10-9(11)5-1-7-6(8(14)2-5)3-12-4-13-7/h3-5,8-9,14H,1-2H2. The van der Waals surface area contributed by atoms with Crippen LogP contribution in [0.3, 0.4) is 0 Å². The van der Waals surface area contributed by atoms with Gasteiger partial charge in [-0.05, 0) is 12.8 Å². The first-order valence-corrected chi connectivity index (χ1v) is 4.43. The van der Waals surface area contributed by atoms with Crippen LogP contribution in [-0.4, -0.2) is 21.5 Å². The number of fused-ring (bicyclic) bond motifs is 1. The minimum absolute atomic E-state index is 0.0953. The molecule has 76 valence electrons. The van der Waals surface area contributed by atoms with Crippen molar-refractivity contribution in [2.75, 3.05) is 0 Å². The third-order valence-corrected chi connectivity index (χ3v) is 2.52. The highest BCUT2D eigenvalue weighted by atomic mass is 19.3.